The van der Waals surface area contributed by atoms with Crippen molar-refractivity contribution in [2.45, 2.75) is 43.9 Å². The molecule has 37 heavy (non-hydrogen) atoms. The van der Waals surface area contributed by atoms with E-state index in [1.54, 1.807) is 18.2 Å². The predicted molar refractivity (Wildman–Crippen MR) is 140 cm³/mol. The van der Waals surface area contributed by atoms with Gasteiger partial charge >= 0.3 is 6.01 Å². The number of phenols is 1. The van der Waals surface area contributed by atoms with Crippen molar-refractivity contribution in [3.05, 3.63) is 54.3 Å². The van der Waals surface area contributed by atoms with Crippen molar-refractivity contribution in [2.24, 2.45) is 5.92 Å². The summed E-state index contributed by atoms with van der Waals surface area (Å²) >= 11 is 0. The minimum atomic E-state index is -0.459. The Morgan fingerprint density at radius 2 is 1.76 bits per heavy atom. The van der Waals surface area contributed by atoms with E-state index in [9.17, 15) is 10.2 Å². The number of hydrogen-bond acceptors (Lipinski definition) is 7. The van der Waals surface area contributed by atoms with Crippen molar-refractivity contribution in [3.63, 3.8) is 0 Å². The number of piperazine rings is 1. The number of anilines is 1. The minimum Gasteiger partial charge on any atom is -0.508 e. The SMILES string of the molecule is Oc1cc(-c2ccc3c(N4CC5CCC(C4)N5)nc(OCC4CC(O)C4)nc3c2F)c2ccccc2c1. The summed E-state index contributed by atoms with van der Waals surface area (Å²) in [4.78, 5) is 11.5. The highest BCUT2D eigenvalue weighted by molar-refractivity contribution is 6.01. The van der Waals surface area contributed by atoms with Crippen LogP contribution in [0.3, 0.4) is 0 Å². The number of fused-ring (bicyclic) bond motifs is 4. The zero-order chi connectivity index (χ0) is 25.1. The molecule has 3 heterocycles. The number of rotatable bonds is 5. The van der Waals surface area contributed by atoms with Crippen molar-refractivity contribution < 1.29 is 19.3 Å². The number of aromatic hydroxyl groups is 1. The van der Waals surface area contributed by atoms with Gasteiger partial charge in [0.2, 0.25) is 0 Å². The number of phenolic OH excluding ortho intramolecular Hbond substituents is 1. The van der Waals surface area contributed by atoms with Gasteiger partial charge in [-0.25, -0.2) is 4.39 Å². The van der Waals surface area contributed by atoms with Crippen LogP contribution in [0.15, 0.2) is 48.5 Å². The Morgan fingerprint density at radius 1 is 0.973 bits per heavy atom. The molecule has 3 N–H and O–H groups in total. The lowest BCUT2D eigenvalue weighted by atomic mass is 9.83. The fourth-order valence-corrected chi connectivity index (χ4v) is 6.16. The summed E-state index contributed by atoms with van der Waals surface area (Å²) in [5.74, 6) is 0.569. The van der Waals surface area contributed by atoms with E-state index in [1.807, 2.05) is 30.3 Å². The molecule has 2 atom stereocenters. The number of benzene rings is 3. The molecule has 2 saturated heterocycles. The standard InChI is InChI=1S/C29H29FN4O3/c30-26-23(25-12-21(36)11-17-3-1-2-4-22(17)25)7-8-24-27(26)32-29(37-15-16-9-20(35)10-16)33-28(24)34-13-18-5-6-19(14-34)31-18/h1-4,7-8,11-12,16,18-20,31,35-36H,5-6,9-10,13-15H2. The molecule has 2 bridgehead atoms. The number of ether oxygens (including phenoxy) is 1. The van der Waals surface area contributed by atoms with Crippen LogP contribution in [0.25, 0.3) is 32.8 Å². The molecule has 0 radical (unpaired) electrons. The van der Waals surface area contributed by atoms with E-state index in [1.165, 1.54) is 0 Å². The average molecular weight is 501 g/mol. The van der Waals surface area contributed by atoms with Gasteiger partial charge in [0, 0.05) is 36.1 Å². The van der Waals surface area contributed by atoms with E-state index in [0.29, 0.717) is 53.9 Å². The number of nitrogens with zero attached hydrogens (tertiary/aromatic N) is 3. The lowest BCUT2D eigenvalue weighted by molar-refractivity contribution is 0.0186. The van der Waals surface area contributed by atoms with Gasteiger partial charge in [-0.2, -0.15) is 9.97 Å². The number of aliphatic hydroxyl groups is 1. The Bertz CT molecular complexity index is 1490. The quantitative estimate of drug-likeness (QED) is 0.375. The Balaban J connectivity index is 1.35. The summed E-state index contributed by atoms with van der Waals surface area (Å²) in [5, 5.41) is 26.0. The molecule has 4 aromatic rings. The molecule has 190 valence electrons. The first kappa shape index (κ1) is 22.7. The number of hydrogen-bond donors (Lipinski definition) is 3. The molecular formula is C29H29FN4O3. The largest absolute Gasteiger partial charge is 0.508 e. The smallest absolute Gasteiger partial charge is 0.319 e. The summed E-state index contributed by atoms with van der Waals surface area (Å²) in [6, 6.07) is 15.5. The van der Waals surface area contributed by atoms with E-state index in [2.05, 4.69) is 15.2 Å². The van der Waals surface area contributed by atoms with Crippen LogP contribution in [-0.2, 0) is 0 Å². The Morgan fingerprint density at radius 3 is 2.54 bits per heavy atom. The normalized spacial score (nSPS) is 25.0. The average Bonchev–Trinajstić information content (AvgIpc) is 3.22. The third-order valence-corrected chi connectivity index (χ3v) is 8.08. The van der Waals surface area contributed by atoms with Gasteiger partial charge < -0.3 is 25.2 Å². The van der Waals surface area contributed by atoms with Crippen LogP contribution in [0.2, 0.25) is 0 Å². The summed E-state index contributed by atoms with van der Waals surface area (Å²) in [7, 11) is 0. The maximum Gasteiger partial charge on any atom is 0.319 e. The first-order chi connectivity index (χ1) is 18.0. The molecule has 1 saturated carbocycles. The molecule has 3 aromatic carbocycles. The summed E-state index contributed by atoms with van der Waals surface area (Å²) in [6.45, 7) is 2.00. The van der Waals surface area contributed by atoms with Gasteiger partial charge in [0.15, 0.2) is 5.82 Å². The molecule has 3 aliphatic rings. The van der Waals surface area contributed by atoms with Crippen LogP contribution < -0.4 is 15.0 Å². The predicted octanol–water partition coefficient (Wildman–Crippen LogP) is 4.39. The summed E-state index contributed by atoms with van der Waals surface area (Å²) in [6.07, 6.45) is 3.38. The second-order valence-electron chi connectivity index (χ2n) is 10.7. The number of aliphatic hydroxyl groups excluding tert-OH is 1. The third kappa shape index (κ3) is 4.04. The lowest BCUT2D eigenvalue weighted by Crippen LogP contribution is -2.51. The van der Waals surface area contributed by atoms with E-state index < -0.39 is 5.82 Å². The van der Waals surface area contributed by atoms with Crippen LogP contribution in [-0.4, -0.2) is 58.1 Å². The Kier molecular flexibility index (Phi) is 5.41. The zero-order valence-corrected chi connectivity index (χ0v) is 20.4. The summed E-state index contributed by atoms with van der Waals surface area (Å²) < 4.78 is 22.3. The highest BCUT2D eigenvalue weighted by atomic mass is 19.1. The molecule has 2 unspecified atom stereocenters. The topological polar surface area (TPSA) is 90.7 Å². The fraction of sp³-hybridized carbons (Fsp3) is 0.379. The van der Waals surface area contributed by atoms with E-state index in [0.717, 1.165) is 36.7 Å². The van der Waals surface area contributed by atoms with Crippen LogP contribution in [0.1, 0.15) is 25.7 Å². The van der Waals surface area contributed by atoms with E-state index >= 15 is 4.39 Å². The van der Waals surface area contributed by atoms with Crippen LogP contribution in [0.4, 0.5) is 10.2 Å². The van der Waals surface area contributed by atoms with Crippen LogP contribution in [0.5, 0.6) is 11.8 Å². The second-order valence-corrected chi connectivity index (χ2v) is 10.7. The van der Waals surface area contributed by atoms with Gasteiger partial charge in [-0.05, 0) is 66.1 Å². The maximum atomic E-state index is 16.3. The monoisotopic (exact) mass is 500 g/mol. The molecule has 7 nitrogen and oxygen atoms in total. The molecular weight excluding hydrogens is 471 g/mol. The van der Waals surface area contributed by atoms with Crippen molar-refractivity contribution in [1.82, 2.24) is 15.3 Å². The minimum absolute atomic E-state index is 0.0829. The van der Waals surface area contributed by atoms with E-state index in [4.69, 9.17) is 9.72 Å². The van der Waals surface area contributed by atoms with Crippen molar-refractivity contribution in [3.8, 4) is 22.9 Å². The molecule has 0 amide bonds. The van der Waals surface area contributed by atoms with Crippen LogP contribution >= 0.6 is 0 Å². The molecule has 3 fully saturated rings. The highest BCUT2D eigenvalue weighted by Gasteiger charge is 2.34. The van der Waals surface area contributed by atoms with Gasteiger partial charge in [0.25, 0.3) is 0 Å². The Labute approximate surface area is 213 Å². The second kappa shape index (κ2) is 8.82. The third-order valence-electron chi connectivity index (χ3n) is 8.08. The Hall–Kier alpha value is -3.49. The van der Waals surface area contributed by atoms with Gasteiger partial charge in [0.1, 0.15) is 17.1 Å². The molecule has 8 heteroatoms. The molecule has 1 aliphatic carbocycles. The first-order valence-electron chi connectivity index (χ1n) is 13.1. The molecule has 7 rings (SSSR count). The highest BCUT2D eigenvalue weighted by Crippen LogP contribution is 2.39. The van der Waals surface area contributed by atoms with Crippen molar-refractivity contribution in [1.29, 1.82) is 0 Å². The number of nitrogens with one attached hydrogen (secondary N) is 1. The van der Waals surface area contributed by atoms with Gasteiger partial charge in [0.05, 0.1) is 12.7 Å². The van der Waals surface area contributed by atoms with Crippen LogP contribution in [0, 0.1) is 11.7 Å². The number of halogens is 1. The first-order valence-corrected chi connectivity index (χ1v) is 13.1. The van der Waals surface area contributed by atoms with Gasteiger partial charge in [-0.15, -0.1) is 0 Å². The zero-order valence-electron chi connectivity index (χ0n) is 20.4. The van der Waals surface area contributed by atoms with Crippen molar-refractivity contribution >= 4 is 27.5 Å². The van der Waals surface area contributed by atoms with E-state index in [-0.39, 0.29) is 29.3 Å². The fourth-order valence-electron chi connectivity index (χ4n) is 6.16. The molecule has 2 aliphatic heterocycles. The number of aromatic nitrogens is 2. The lowest BCUT2D eigenvalue weighted by Gasteiger charge is -2.34. The van der Waals surface area contributed by atoms with Gasteiger partial charge in [-0.1, -0.05) is 30.3 Å². The molecule has 0 spiro atoms. The molecule has 1 aromatic heterocycles. The summed E-state index contributed by atoms with van der Waals surface area (Å²) in [5.41, 5.74) is 1.20. The maximum absolute atomic E-state index is 16.3. The van der Waals surface area contributed by atoms with Crippen molar-refractivity contribution in [2.75, 3.05) is 24.6 Å². The van der Waals surface area contributed by atoms with Gasteiger partial charge in [-0.3, -0.25) is 0 Å².